The predicted octanol–water partition coefficient (Wildman–Crippen LogP) is 2.39. The predicted molar refractivity (Wildman–Crippen MR) is 78.9 cm³/mol. The van der Waals surface area contributed by atoms with E-state index >= 15 is 0 Å². The van der Waals surface area contributed by atoms with E-state index in [2.05, 4.69) is 4.98 Å². The Balaban J connectivity index is 2.33. The minimum absolute atomic E-state index is 0.0556. The lowest BCUT2D eigenvalue weighted by atomic mass is 10.1. The summed E-state index contributed by atoms with van der Waals surface area (Å²) in [4.78, 5) is 15.1. The molecule has 0 amide bonds. The second-order valence-corrected chi connectivity index (χ2v) is 6.45. The number of aromatic nitrogens is 2. The van der Waals surface area contributed by atoms with Crippen molar-refractivity contribution in [3.8, 4) is 0 Å². The summed E-state index contributed by atoms with van der Waals surface area (Å²) in [6.07, 6.45) is 3.41. The number of pyridine rings is 1. The van der Waals surface area contributed by atoms with Crippen molar-refractivity contribution in [2.75, 3.05) is 0 Å². The fraction of sp³-hybridized carbons (Fsp3) is 0.0667. The van der Waals surface area contributed by atoms with Gasteiger partial charge in [0.1, 0.15) is 0 Å². The Kier molecular flexibility index (Phi) is 3.10. The molecule has 3 aromatic rings. The van der Waals surface area contributed by atoms with Gasteiger partial charge >= 0.3 is 0 Å². The minimum atomic E-state index is -3.82. The topological polar surface area (TPSA) is 69.0 Å². The van der Waals surface area contributed by atoms with Crippen LogP contribution in [0.2, 0.25) is 0 Å². The number of hydrogen-bond donors (Lipinski definition) is 0. The van der Waals surface area contributed by atoms with E-state index in [1.807, 2.05) is 6.92 Å². The zero-order valence-electron chi connectivity index (χ0n) is 11.2. The van der Waals surface area contributed by atoms with E-state index in [0.717, 1.165) is 9.54 Å². The lowest BCUT2D eigenvalue weighted by Crippen LogP contribution is -2.13. The number of aryl methyl sites for hydroxylation is 1. The number of nitrogens with zero attached hydrogens (tertiary/aromatic N) is 2. The lowest BCUT2D eigenvalue weighted by Gasteiger charge is -2.06. The zero-order chi connectivity index (χ0) is 15.0. The summed E-state index contributed by atoms with van der Waals surface area (Å²) in [5.41, 5.74) is 1.76. The summed E-state index contributed by atoms with van der Waals surface area (Å²) >= 11 is 0. The summed E-state index contributed by atoms with van der Waals surface area (Å²) in [5.74, 6) is 0. The van der Waals surface area contributed by atoms with E-state index < -0.39 is 10.0 Å². The highest BCUT2D eigenvalue weighted by atomic mass is 32.2. The first kappa shape index (κ1) is 13.5. The first-order chi connectivity index (χ1) is 10.0. The summed E-state index contributed by atoms with van der Waals surface area (Å²) in [6.45, 7) is 1.89. The second-order valence-electron chi connectivity index (χ2n) is 4.69. The number of fused-ring (bicyclic) bond motifs is 1. The van der Waals surface area contributed by atoms with Gasteiger partial charge in [-0.2, -0.15) is 8.42 Å². The zero-order valence-corrected chi connectivity index (χ0v) is 12.0. The van der Waals surface area contributed by atoms with Crippen LogP contribution < -0.4 is 0 Å². The molecule has 0 saturated heterocycles. The average Bonchev–Trinajstić information content (AvgIpc) is 2.86. The summed E-state index contributed by atoms with van der Waals surface area (Å²) in [7, 11) is -3.82. The maximum absolute atomic E-state index is 12.6. The quantitative estimate of drug-likeness (QED) is 0.696. The average molecular weight is 300 g/mol. The van der Waals surface area contributed by atoms with Crippen LogP contribution in [0.1, 0.15) is 15.9 Å². The van der Waals surface area contributed by atoms with Crippen molar-refractivity contribution < 1.29 is 13.2 Å². The maximum atomic E-state index is 12.6. The van der Waals surface area contributed by atoms with E-state index in [-0.39, 0.29) is 5.03 Å². The number of carbonyl (C=O) groups is 1. The molecule has 0 aliphatic heterocycles. The van der Waals surface area contributed by atoms with Crippen molar-refractivity contribution in [3.63, 3.8) is 0 Å². The molecule has 2 heterocycles. The van der Waals surface area contributed by atoms with Crippen LogP contribution in [0.4, 0.5) is 0 Å². The molecule has 3 rings (SSSR count). The standard InChI is InChI=1S/C15H12N2O3S/c1-11-5-6-14-13(8-11)12(10-18)9-17(14)21(19,20)15-4-2-3-7-16-15/h2-10H,1H3. The monoisotopic (exact) mass is 300 g/mol. The highest BCUT2D eigenvalue weighted by molar-refractivity contribution is 7.90. The SMILES string of the molecule is Cc1ccc2c(c1)c(C=O)cn2S(=O)(=O)c1ccccn1. The summed E-state index contributed by atoms with van der Waals surface area (Å²) in [6, 6.07) is 9.97. The van der Waals surface area contributed by atoms with Crippen LogP contribution in [0, 0.1) is 6.92 Å². The number of carbonyl (C=O) groups excluding carboxylic acids is 1. The first-order valence-electron chi connectivity index (χ1n) is 6.27. The highest BCUT2D eigenvalue weighted by Crippen LogP contribution is 2.25. The van der Waals surface area contributed by atoms with Crippen LogP contribution in [-0.4, -0.2) is 23.7 Å². The summed E-state index contributed by atoms with van der Waals surface area (Å²) in [5, 5.41) is 0.560. The normalized spacial score (nSPS) is 11.7. The Labute approximate surface area is 121 Å². The highest BCUT2D eigenvalue weighted by Gasteiger charge is 2.22. The Morgan fingerprint density at radius 3 is 2.67 bits per heavy atom. The molecule has 5 nitrogen and oxygen atoms in total. The molecule has 0 radical (unpaired) electrons. The van der Waals surface area contributed by atoms with Crippen LogP contribution in [0.5, 0.6) is 0 Å². The van der Waals surface area contributed by atoms with Crippen molar-refractivity contribution in [2.24, 2.45) is 0 Å². The molecule has 2 aromatic heterocycles. The largest absolute Gasteiger partial charge is 0.298 e. The molecule has 1 aromatic carbocycles. The molecule has 6 heteroatoms. The van der Waals surface area contributed by atoms with Crippen molar-refractivity contribution in [1.82, 2.24) is 8.96 Å². The number of rotatable bonds is 3. The van der Waals surface area contributed by atoms with Crippen LogP contribution in [0.15, 0.2) is 53.8 Å². The molecule has 0 spiro atoms. The second kappa shape index (κ2) is 4.82. The molecule has 0 unspecified atom stereocenters. The molecular weight excluding hydrogens is 288 g/mol. The van der Waals surface area contributed by atoms with Gasteiger partial charge in [0.05, 0.1) is 5.52 Å². The van der Waals surface area contributed by atoms with E-state index in [4.69, 9.17) is 0 Å². The van der Waals surface area contributed by atoms with Crippen LogP contribution in [0.25, 0.3) is 10.9 Å². The molecule has 0 bridgehead atoms. The fourth-order valence-electron chi connectivity index (χ4n) is 2.23. The van der Waals surface area contributed by atoms with Gasteiger partial charge in [-0.15, -0.1) is 0 Å². The maximum Gasteiger partial charge on any atom is 0.285 e. The van der Waals surface area contributed by atoms with Crippen molar-refractivity contribution >= 4 is 27.2 Å². The molecule has 0 N–H and O–H groups in total. The Bertz CT molecular complexity index is 928. The fourth-order valence-corrected chi connectivity index (χ4v) is 3.55. The Hall–Kier alpha value is -2.47. The van der Waals surface area contributed by atoms with Gasteiger partial charge in [0.25, 0.3) is 10.0 Å². The van der Waals surface area contributed by atoms with Gasteiger partial charge in [0.2, 0.25) is 0 Å². The Morgan fingerprint density at radius 2 is 2.00 bits per heavy atom. The summed E-state index contributed by atoms with van der Waals surface area (Å²) < 4.78 is 26.4. The van der Waals surface area contributed by atoms with Gasteiger partial charge in [-0.1, -0.05) is 17.7 Å². The molecule has 0 fully saturated rings. The van der Waals surface area contributed by atoms with Crippen LogP contribution in [-0.2, 0) is 10.0 Å². The Morgan fingerprint density at radius 1 is 1.19 bits per heavy atom. The van der Waals surface area contributed by atoms with Crippen molar-refractivity contribution in [1.29, 1.82) is 0 Å². The molecule has 0 aliphatic rings. The van der Waals surface area contributed by atoms with E-state index in [1.165, 1.54) is 18.5 Å². The number of hydrogen-bond acceptors (Lipinski definition) is 4. The third-order valence-corrected chi connectivity index (χ3v) is 4.83. The third kappa shape index (κ3) is 2.13. The van der Waals surface area contributed by atoms with Gasteiger partial charge in [0, 0.05) is 23.3 Å². The molecule has 0 aliphatic carbocycles. The van der Waals surface area contributed by atoms with E-state index in [9.17, 15) is 13.2 Å². The van der Waals surface area contributed by atoms with E-state index in [0.29, 0.717) is 22.8 Å². The first-order valence-corrected chi connectivity index (χ1v) is 7.71. The lowest BCUT2D eigenvalue weighted by molar-refractivity contribution is 0.112. The molecular formula is C15H12N2O3S. The minimum Gasteiger partial charge on any atom is -0.298 e. The van der Waals surface area contributed by atoms with Gasteiger partial charge in [-0.25, -0.2) is 8.96 Å². The smallest absolute Gasteiger partial charge is 0.285 e. The molecule has 106 valence electrons. The van der Waals surface area contributed by atoms with E-state index in [1.54, 1.807) is 30.3 Å². The van der Waals surface area contributed by atoms with Gasteiger partial charge in [0.15, 0.2) is 11.3 Å². The van der Waals surface area contributed by atoms with Gasteiger partial charge in [-0.05, 0) is 31.2 Å². The molecule has 21 heavy (non-hydrogen) atoms. The van der Waals surface area contributed by atoms with Gasteiger partial charge in [-0.3, -0.25) is 4.79 Å². The van der Waals surface area contributed by atoms with Crippen molar-refractivity contribution in [2.45, 2.75) is 11.9 Å². The van der Waals surface area contributed by atoms with Gasteiger partial charge < -0.3 is 0 Å². The number of aldehydes is 1. The molecule has 0 atom stereocenters. The molecule has 0 saturated carbocycles. The van der Waals surface area contributed by atoms with Crippen LogP contribution >= 0.6 is 0 Å². The third-order valence-electron chi connectivity index (χ3n) is 3.24. The number of benzene rings is 1. The van der Waals surface area contributed by atoms with Crippen molar-refractivity contribution in [3.05, 3.63) is 59.9 Å². The van der Waals surface area contributed by atoms with Crippen LogP contribution in [0.3, 0.4) is 0 Å².